The predicted molar refractivity (Wildman–Crippen MR) is 121 cm³/mol. The molecule has 1 saturated carbocycles. The Morgan fingerprint density at radius 2 is 1.93 bits per heavy atom. The van der Waals surface area contributed by atoms with Crippen LogP contribution in [0.3, 0.4) is 0 Å². The minimum atomic E-state index is -0.00415. The number of guanidine groups is 1. The monoisotopic (exact) mass is 502 g/mol. The van der Waals surface area contributed by atoms with E-state index in [2.05, 4.69) is 21.7 Å². The van der Waals surface area contributed by atoms with E-state index in [0.29, 0.717) is 12.8 Å². The minimum absolute atomic E-state index is 0. The van der Waals surface area contributed by atoms with Crippen LogP contribution in [0.5, 0.6) is 11.5 Å². The van der Waals surface area contributed by atoms with Crippen molar-refractivity contribution in [3.05, 3.63) is 23.8 Å². The third kappa shape index (κ3) is 6.72. The van der Waals surface area contributed by atoms with Gasteiger partial charge in [0.1, 0.15) is 6.54 Å². The normalized spacial score (nSPS) is 16.3. The molecule has 0 unspecified atom stereocenters. The number of benzene rings is 1. The van der Waals surface area contributed by atoms with E-state index in [0.717, 1.165) is 43.3 Å². The minimum Gasteiger partial charge on any atom is -0.454 e. The van der Waals surface area contributed by atoms with Gasteiger partial charge in [-0.3, -0.25) is 4.79 Å². The van der Waals surface area contributed by atoms with Gasteiger partial charge in [-0.05, 0) is 37.0 Å². The molecule has 3 rings (SSSR count). The molecule has 0 saturated heterocycles. The van der Waals surface area contributed by atoms with E-state index < -0.39 is 0 Å². The first-order valence-corrected chi connectivity index (χ1v) is 9.75. The van der Waals surface area contributed by atoms with Crippen LogP contribution in [-0.2, 0) is 11.2 Å². The molecular formula is C20H31IN4O3. The molecule has 7 nitrogen and oxygen atoms in total. The number of likely N-dealkylation sites (N-methyl/N-ethyl adjacent to an activating group) is 1. The largest absolute Gasteiger partial charge is 0.454 e. The molecular weight excluding hydrogens is 471 g/mol. The van der Waals surface area contributed by atoms with Crippen molar-refractivity contribution in [3.8, 4) is 11.5 Å². The molecule has 1 aliphatic carbocycles. The van der Waals surface area contributed by atoms with Gasteiger partial charge in [-0.1, -0.05) is 25.3 Å². The Kier molecular flexibility index (Phi) is 9.14. The number of hydrogen-bond donors (Lipinski definition) is 2. The number of rotatable bonds is 6. The molecule has 1 fully saturated rings. The lowest BCUT2D eigenvalue weighted by molar-refractivity contribution is -0.127. The number of carbonyl (C=O) groups excluding carboxylic acids is 1. The third-order valence-corrected chi connectivity index (χ3v) is 4.96. The van der Waals surface area contributed by atoms with Crippen molar-refractivity contribution in [3.63, 3.8) is 0 Å². The summed E-state index contributed by atoms with van der Waals surface area (Å²) in [5, 5.41) is 6.88. The van der Waals surface area contributed by atoms with E-state index in [4.69, 9.17) is 9.47 Å². The fraction of sp³-hybridized carbons (Fsp3) is 0.600. The van der Waals surface area contributed by atoms with Crippen LogP contribution in [0, 0.1) is 0 Å². The molecule has 0 atom stereocenters. The zero-order valence-electron chi connectivity index (χ0n) is 16.7. The van der Waals surface area contributed by atoms with Crippen molar-refractivity contribution in [2.75, 3.05) is 34.0 Å². The topological polar surface area (TPSA) is 75.2 Å². The molecule has 0 radical (unpaired) electrons. The standard InChI is InChI=1S/C20H30N4O3.HI/c1-24(2)19(25)13-22-20(23-16-6-4-3-5-7-16)21-11-10-15-8-9-17-18(12-15)27-14-26-17;/h8-9,12,16H,3-7,10-11,13-14H2,1-2H3,(H2,21,22,23);1H. The van der Waals surface area contributed by atoms with Crippen LogP contribution < -0.4 is 20.1 Å². The van der Waals surface area contributed by atoms with Crippen molar-refractivity contribution in [2.45, 2.75) is 44.6 Å². The number of fused-ring (bicyclic) bond motifs is 1. The van der Waals surface area contributed by atoms with Crippen LogP contribution in [0.15, 0.2) is 23.2 Å². The molecule has 0 spiro atoms. The maximum atomic E-state index is 11.9. The van der Waals surface area contributed by atoms with Gasteiger partial charge < -0.3 is 25.0 Å². The van der Waals surface area contributed by atoms with Crippen LogP contribution in [0.1, 0.15) is 37.7 Å². The molecule has 1 amide bonds. The molecule has 1 aromatic rings. The van der Waals surface area contributed by atoms with E-state index in [9.17, 15) is 4.79 Å². The Hall–Kier alpha value is -1.71. The van der Waals surface area contributed by atoms with Crippen LogP contribution in [-0.4, -0.2) is 56.8 Å². The second kappa shape index (κ2) is 11.3. The fourth-order valence-corrected chi connectivity index (χ4v) is 3.30. The van der Waals surface area contributed by atoms with E-state index in [1.54, 1.807) is 19.0 Å². The first-order valence-electron chi connectivity index (χ1n) is 9.75. The van der Waals surface area contributed by atoms with Gasteiger partial charge in [0.25, 0.3) is 0 Å². The predicted octanol–water partition coefficient (Wildman–Crippen LogP) is 2.53. The van der Waals surface area contributed by atoms with E-state index in [1.165, 1.54) is 24.8 Å². The molecule has 1 aliphatic heterocycles. The summed E-state index contributed by atoms with van der Waals surface area (Å²) in [7, 11) is 3.50. The zero-order valence-corrected chi connectivity index (χ0v) is 19.0. The summed E-state index contributed by atoms with van der Waals surface area (Å²) in [5.41, 5.74) is 1.17. The molecule has 1 aromatic carbocycles. The summed E-state index contributed by atoms with van der Waals surface area (Å²) >= 11 is 0. The van der Waals surface area contributed by atoms with Crippen molar-refractivity contribution >= 4 is 35.8 Å². The van der Waals surface area contributed by atoms with Crippen LogP contribution in [0.25, 0.3) is 0 Å². The molecule has 0 bridgehead atoms. The molecule has 2 aliphatic rings. The van der Waals surface area contributed by atoms with Crippen molar-refractivity contribution in [2.24, 2.45) is 4.99 Å². The summed E-state index contributed by atoms with van der Waals surface area (Å²) in [6.07, 6.45) is 6.96. The number of nitrogens with zero attached hydrogens (tertiary/aromatic N) is 2. The number of aliphatic imine (C=N–C) groups is 1. The lowest BCUT2D eigenvalue weighted by Crippen LogP contribution is -2.45. The number of nitrogens with one attached hydrogen (secondary N) is 2. The van der Waals surface area contributed by atoms with Crippen molar-refractivity contribution in [1.82, 2.24) is 15.5 Å². The summed E-state index contributed by atoms with van der Waals surface area (Å²) in [5.74, 6) is 2.32. The molecule has 156 valence electrons. The van der Waals surface area contributed by atoms with Gasteiger partial charge in [-0.15, -0.1) is 24.0 Å². The van der Waals surface area contributed by atoms with E-state index in [1.807, 2.05) is 12.1 Å². The zero-order chi connectivity index (χ0) is 19.1. The highest BCUT2D eigenvalue weighted by Crippen LogP contribution is 2.32. The van der Waals surface area contributed by atoms with Gasteiger partial charge >= 0.3 is 0 Å². The summed E-state index contributed by atoms with van der Waals surface area (Å²) in [4.78, 5) is 17.9. The third-order valence-electron chi connectivity index (χ3n) is 4.96. The first-order chi connectivity index (χ1) is 13.1. The summed E-state index contributed by atoms with van der Waals surface area (Å²) < 4.78 is 10.8. The van der Waals surface area contributed by atoms with Crippen LogP contribution in [0.4, 0.5) is 0 Å². The molecule has 28 heavy (non-hydrogen) atoms. The maximum absolute atomic E-state index is 11.9. The van der Waals surface area contributed by atoms with Gasteiger partial charge in [-0.25, -0.2) is 4.99 Å². The van der Waals surface area contributed by atoms with Crippen LogP contribution in [0.2, 0.25) is 0 Å². The lowest BCUT2D eigenvalue weighted by Gasteiger charge is -2.25. The smallest absolute Gasteiger partial charge is 0.243 e. The molecule has 0 aromatic heterocycles. The SMILES string of the molecule is CN(C)C(=O)CN=C(NCCc1ccc2c(c1)OCO2)NC1CCCCC1.I. The highest BCUT2D eigenvalue weighted by atomic mass is 127. The van der Waals surface area contributed by atoms with Crippen LogP contribution >= 0.6 is 24.0 Å². The molecule has 1 heterocycles. The first kappa shape index (κ1) is 22.6. The maximum Gasteiger partial charge on any atom is 0.243 e. The van der Waals surface area contributed by atoms with Gasteiger partial charge in [0.05, 0.1) is 0 Å². The summed E-state index contributed by atoms with van der Waals surface area (Å²) in [6.45, 7) is 1.17. The lowest BCUT2D eigenvalue weighted by atomic mass is 9.96. The Labute approximate surface area is 184 Å². The highest BCUT2D eigenvalue weighted by Gasteiger charge is 2.16. The Morgan fingerprint density at radius 1 is 1.18 bits per heavy atom. The van der Waals surface area contributed by atoms with Gasteiger partial charge in [0.2, 0.25) is 12.7 Å². The Balaban J connectivity index is 0.00000280. The van der Waals surface area contributed by atoms with Gasteiger partial charge in [0, 0.05) is 26.7 Å². The number of carbonyl (C=O) groups is 1. The van der Waals surface area contributed by atoms with E-state index >= 15 is 0 Å². The molecule has 2 N–H and O–H groups in total. The Bertz CT molecular complexity index is 675. The van der Waals surface area contributed by atoms with Crippen molar-refractivity contribution < 1.29 is 14.3 Å². The van der Waals surface area contributed by atoms with Crippen molar-refractivity contribution in [1.29, 1.82) is 0 Å². The quantitative estimate of drug-likeness (QED) is 0.356. The number of amides is 1. The Morgan fingerprint density at radius 3 is 2.68 bits per heavy atom. The van der Waals surface area contributed by atoms with Gasteiger partial charge in [-0.2, -0.15) is 0 Å². The second-order valence-corrected chi connectivity index (χ2v) is 7.30. The average Bonchev–Trinajstić information content (AvgIpc) is 3.14. The number of ether oxygens (including phenoxy) is 2. The number of halogens is 1. The second-order valence-electron chi connectivity index (χ2n) is 7.30. The molecule has 8 heteroatoms. The summed E-state index contributed by atoms with van der Waals surface area (Å²) in [6, 6.07) is 6.45. The average molecular weight is 502 g/mol. The fourth-order valence-electron chi connectivity index (χ4n) is 3.30. The number of hydrogen-bond acceptors (Lipinski definition) is 4. The highest BCUT2D eigenvalue weighted by molar-refractivity contribution is 14.0. The van der Waals surface area contributed by atoms with E-state index in [-0.39, 0.29) is 36.4 Å². The van der Waals surface area contributed by atoms with Gasteiger partial charge in [0.15, 0.2) is 17.5 Å².